The number of aromatic nitrogens is 3. The Labute approximate surface area is 130 Å². The van der Waals surface area contributed by atoms with Crippen LogP contribution in [-0.4, -0.2) is 21.0 Å². The molecule has 112 valence electrons. The molecular formula is C16H22N4S. The number of nitrogens with one attached hydrogen (secondary N) is 1. The van der Waals surface area contributed by atoms with Crippen molar-refractivity contribution in [3.05, 3.63) is 28.7 Å². The van der Waals surface area contributed by atoms with E-state index in [1.165, 1.54) is 23.4 Å². The van der Waals surface area contributed by atoms with Crippen molar-refractivity contribution < 1.29 is 0 Å². The molecule has 4 nitrogen and oxygen atoms in total. The molecule has 0 aromatic carbocycles. The second-order valence-corrected chi connectivity index (χ2v) is 7.77. The van der Waals surface area contributed by atoms with Gasteiger partial charge in [0, 0.05) is 29.1 Å². The Bertz CT molecular complexity index is 638. The lowest BCUT2D eigenvalue weighted by atomic mass is 9.91. The van der Waals surface area contributed by atoms with Gasteiger partial charge in [-0.2, -0.15) is 0 Å². The van der Waals surface area contributed by atoms with E-state index in [1.54, 1.807) is 17.5 Å². The number of aryl methyl sites for hydroxylation is 1. The molecule has 0 radical (unpaired) electrons. The summed E-state index contributed by atoms with van der Waals surface area (Å²) in [5.74, 6) is 0.790. The molecule has 0 bridgehead atoms. The molecule has 2 heterocycles. The van der Waals surface area contributed by atoms with Crippen LogP contribution in [0.15, 0.2) is 12.3 Å². The van der Waals surface area contributed by atoms with Crippen LogP contribution in [0.25, 0.3) is 10.7 Å². The molecule has 1 N–H and O–H groups in total. The van der Waals surface area contributed by atoms with Gasteiger partial charge in [-0.1, -0.05) is 20.8 Å². The van der Waals surface area contributed by atoms with Crippen molar-refractivity contribution in [1.29, 1.82) is 0 Å². The van der Waals surface area contributed by atoms with Crippen LogP contribution in [0.4, 0.5) is 0 Å². The molecule has 1 saturated carbocycles. The molecule has 3 rings (SSSR count). The molecule has 0 unspecified atom stereocenters. The molecule has 21 heavy (non-hydrogen) atoms. The molecule has 0 amide bonds. The van der Waals surface area contributed by atoms with Gasteiger partial charge in [-0.25, -0.2) is 15.0 Å². The van der Waals surface area contributed by atoms with Crippen molar-refractivity contribution in [2.45, 2.75) is 58.5 Å². The van der Waals surface area contributed by atoms with Crippen LogP contribution in [0.1, 0.15) is 50.0 Å². The Balaban J connectivity index is 1.94. The van der Waals surface area contributed by atoms with Gasteiger partial charge < -0.3 is 5.32 Å². The Morgan fingerprint density at radius 1 is 1.29 bits per heavy atom. The van der Waals surface area contributed by atoms with Gasteiger partial charge in [-0.05, 0) is 25.8 Å². The normalized spacial score (nSPS) is 15.4. The third-order valence-corrected chi connectivity index (χ3v) is 4.61. The van der Waals surface area contributed by atoms with Crippen LogP contribution < -0.4 is 5.32 Å². The van der Waals surface area contributed by atoms with Crippen LogP contribution in [0, 0.1) is 6.92 Å². The third kappa shape index (κ3) is 3.47. The van der Waals surface area contributed by atoms with Crippen molar-refractivity contribution in [3.63, 3.8) is 0 Å². The standard InChI is InChI=1S/C16H22N4S/c1-10-17-8-7-12(19-10)15-20-14(16(2,3)4)13(21-15)9-18-11-5-6-11/h7-8,11,18H,5-6,9H2,1-4H3. The Morgan fingerprint density at radius 2 is 2.05 bits per heavy atom. The van der Waals surface area contributed by atoms with Crippen LogP contribution >= 0.6 is 11.3 Å². The van der Waals surface area contributed by atoms with Crippen LogP contribution in [0.5, 0.6) is 0 Å². The Morgan fingerprint density at radius 3 is 2.67 bits per heavy atom. The van der Waals surface area contributed by atoms with Gasteiger partial charge in [0.2, 0.25) is 0 Å². The fourth-order valence-electron chi connectivity index (χ4n) is 2.27. The quantitative estimate of drug-likeness (QED) is 0.939. The van der Waals surface area contributed by atoms with E-state index >= 15 is 0 Å². The lowest BCUT2D eigenvalue weighted by Crippen LogP contribution is -2.19. The molecule has 0 atom stereocenters. The van der Waals surface area contributed by atoms with E-state index in [9.17, 15) is 0 Å². The highest BCUT2D eigenvalue weighted by atomic mass is 32.1. The maximum atomic E-state index is 4.88. The monoisotopic (exact) mass is 302 g/mol. The summed E-state index contributed by atoms with van der Waals surface area (Å²) < 4.78 is 0. The molecule has 5 heteroatoms. The number of hydrogen-bond donors (Lipinski definition) is 1. The maximum Gasteiger partial charge on any atom is 0.142 e. The van der Waals surface area contributed by atoms with E-state index in [2.05, 4.69) is 36.1 Å². The van der Waals surface area contributed by atoms with E-state index in [-0.39, 0.29) is 5.41 Å². The summed E-state index contributed by atoms with van der Waals surface area (Å²) in [5, 5.41) is 4.60. The maximum absolute atomic E-state index is 4.88. The fraction of sp³-hybridized carbons (Fsp3) is 0.562. The molecule has 1 aliphatic rings. The largest absolute Gasteiger partial charge is 0.309 e. The lowest BCUT2D eigenvalue weighted by Gasteiger charge is -2.17. The second kappa shape index (κ2) is 5.46. The van der Waals surface area contributed by atoms with Crippen LogP contribution in [-0.2, 0) is 12.0 Å². The van der Waals surface area contributed by atoms with E-state index in [0.717, 1.165) is 23.1 Å². The Kier molecular flexibility index (Phi) is 3.80. The van der Waals surface area contributed by atoms with Crippen molar-refractivity contribution in [3.8, 4) is 10.7 Å². The van der Waals surface area contributed by atoms with Gasteiger partial charge in [0.1, 0.15) is 16.5 Å². The number of hydrogen-bond acceptors (Lipinski definition) is 5. The summed E-state index contributed by atoms with van der Waals surface area (Å²) in [6, 6.07) is 2.65. The van der Waals surface area contributed by atoms with E-state index in [4.69, 9.17) is 4.98 Å². The molecule has 2 aromatic rings. The number of rotatable bonds is 4. The van der Waals surface area contributed by atoms with Gasteiger partial charge >= 0.3 is 0 Å². The smallest absolute Gasteiger partial charge is 0.142 e. The summed E-state index contributed by atoms with van der Waals surface area (Å²) in [6.07, 6.45) is 4.42. The minimum Gasteiger partial charge on any atom is -0.309 e. The van der Waals surface area contributed by atoms with Gasteiger partial charge in [0.25, 0.3) is 0 Å². The van der Waals surface area contributed by atoms with E-state index < -0.39 is 0 Å². The summed E-state index contributed by atoms with van der Waals surface area (Å²) in [7, 11) is 0. The third-order valence-electron chi connectivity index (χ3n) is 3.53. The highest BCUT2D eigenvalue weighted by Crippen LogP contribution is 2.34. The zero-order chi connectivity index (χ0) is 15.0. The minimum atomic E-state index is 0.0530. The zero-order valence-electron chi connectivity index (χ0n) is 13.1. The van der Waals surface area contributed by atoms with E-state index in [0.29, 0.717) is 6.04 Å². The zero-order valence-corrected chi connectivity index (χ0v) is 13.9. The summed E-state index contributed by atoms with van der Waals surface area (Å²) in [5.41, 5.74) is 2.17. The van der Waals surface area contributed by atoms with Gasteiger partial charge in [0.05, 0.1) is 5.69 Å². The minimum absolute atomic E-state index is 0.0530. The number of nitrogens with zero attached hydrogens (tertiary/aromatic N) is 3. The average molecular weight is 302 g/mol. The van der Waals surface area contributed by atoms with Crippen LogP contribution in [0.2, 0.25) is 0 Å². The van der Waals surface area contributed by atoms with Gasteiger partial charge in [-0.3, -0.25) is 0 Å². The van der Waals surface area contributed by atoms with Crippen molar-refractivity contribution in [2.24, 2.45) is 0 Å². The van der Waals surface area contributed by atoms with Crippen molar-refractivity contribution >= 4 is 11.3 Å². The Hall–Kier alpha value is -1.33. The first-order chi connectivity index (χ1) is 9.93. The van der Waals surface area contributed by atoms with Crippen LogP contribution in [0.3, 0.4) is 0 Å². The highest BCUT2D eigenvalue weighted by molar-refractivity contribution is 7.15. The molecule has 0 aliphatic heterocycles. The molecule has 0 spiro atoms. The first kappa shape index (κ1) is 14.6. The van der Waals surface area contributed by atoms with E-state index in [1.807, 2.05) is 13.0 Å². The topological polar surface area (TPSA) is 50.7 Å². The van der Waals surface area contributed by atoms with Crippen molar-refractivity contribution in [2.75, 3.05) is 0 Å². The number of thiazole rings is 1. The van der Waals surface area contributed by atoms with Crippen molar-refractivity contribution in [1.82, 2.24) is 20.3 Å². The first-order valence-electron chi connectivity index (χ1n) is 7.47. The summed E-state index contributed by atoms with van der Waals surface area (Å²) >= 11 is 1.75. The molecule has 0 saturated heterocycles. The summed E-state index contributed by atoms with van der Waals surface area (Å²) in [4.78, 5) is 14.9. The molecule has 2 aromatic heterocycles. The summed E-state index contributed by atoms with van der Waals surface area (Å²) in [6.45, 7) is 9.49. The second-order valence-electron chi connectivity index (χ2n) is 6.69. The van der Waals surface area contributed by atoms with Gasteiger partial charge in [0.15, 0.2) is 0 Å². The average Bonchev–Trinajstić information content (AvgIpc) is 3.13. The molecule has 1 fully saturated rings. The molecular weight excluding hydrogens is 280 g/mol. The van der Waals surface area contributed by atoms with Gasteiger partial charge in [-0.15, -0.1) is 11.3 Å². The predicted octanol–water partition coefficient (Wildman–Crippen LogP) is 3.46. The lowest BCUT2D eigenvalue weighted by molar-refractivity contribution is 0.559. The first-order valence-corrected chi connectivity index (χ1v) is 8.29. The predicted molar refractivity (Wildman–Crippen MR) is 86.4 cm³/mol. The highest BCUT2D eigenvalue weighted by Gasteiger charge is 2.26. The molecule has 1 aliphatic carbocycles. The SMILES string of the molecule is Cc1nccc(-c2nc(C(C)(C)C)c(CNC3CC3)s2)n1. The fourth-order valence-corrected chi connectivity index (χ4v) is 3.46.